The lowest BCUT2D eigenvalue weighted by Crippen LogP contribution is -2.15. The van der Waals surface area contributed by atoms with Gasteiger partial charge in [0.2, 0.25) is 0 Å². The van der Waals surface area contributed by atoms with E-state index in [1.165, 1.54) is 6.92 Å². The van der Waals surface area contributed by atoms with Crippen molar-refractivity contribution in [1.29, 1.82) is 0 Å². The maximum absolute atomic E-state index is 11.6. The van der Waals surface area contributed by atoms with Crippen molar-refractivity contribution in [1.82, 2.24) is 0 Å². The van der Waals surface area contributed by atoms with E-state index in [4.69, 9.17) is 5.11 Å². The van der Waals surface area contributed by atoms with Gasteiger partial charge in [-0.1, -0.05) is 22.8 Å². The van der Waals surface area contributed by atoms with Gasteiger partial charge in [0.15, 0.2) is 5.30 Å². The van der Waals surface area contributed by atoms with Gasteiger partial charge in [-0.15, -0.1) is 0 Å². The van der Waals surface area contributed by atoms with E-state index in [1.807, 2.05) is 0 Å². The Hall–Kier alpha value is -1.21. The molecule has 0 aliphatic carbocycles. The molecule has 1 rings (SSSR count). The molecule has 0 aromatic heterocycles. The van der Waals surface area contributed by atoms with Crippen molar-refractivity contribution in [3.8, 4) is 0 Å². The molecule has 0 radical (unpaired) electrons. The van der Waals surface area contributed by atoms with Crippen LogP contribution >= 0.6 is 7.80 Å². The van der Waals surface area contributed by atoms with Crippen molar-refractivity contribution >= 4 is 19.1 Å². The molecule has 0 saturated carbocycles. The highest BCUT2D eigenvalue weighted by Crippen LogP contribution is 2.26. The summed E-state index contributed by atoms with van der Waals surface area (Å²) in [5.41, 5.74) is -0.822. The summed E-state index contributed by atoms with van der Waals surface area (Å²) in [6.45, 7) is 1.45. The zero-order valence-corrected chi connectivity index (χ0v) is 8.07. The number of carbonyl (C=O) groups is 1. The number of hydrogen-bond donors (Lipinski definition) is 1. The Morgan fingerprint density at radius 1 is 1.38 bits per heavy atom. The summed E-state index contributed by atoms with van der Waals surface area (Å²) in [6.07, 6.45) is 0. The second kappa shape index (κ2) is 4.15. The molecule has 3 nitrogen and oxygen atoms in total. The summed E-state index contributed by atoms with van der Waals surface area (Å²) >= 11 is 0. The monoisotopic (exact) mass is 197 g/mol. The van der Waals surface area contributed by atoms with Crippen molar-refractivity contribution in [3.63, 3.8) is 0 Å². The molecule has 0 aliphatic heterocycles. The first kappa shape index (κ1) is 9.87. The molecular formula is C9H10O3P+. The van der Waals surface area contributed by atoms with Crippen LogP contribution in [0.25, 0.3) is 0 Å². The highest BCUT2D eigenvalue weighted by molar-refractivity contribution is 7.55. The van der Waals surface area contributed by atoms with Crippen molar-refractivity contribution in [3.05, 3.63) is 30.3 Å². The lowest BCUT2D eigenvalue weighted by atomic mass is 10.4. The third-order valence-electron chi connectivity index (χ3n) is 1.72. The molecule has 68 valence electrons. The van der Waals surface area contributed by atoms with Crippen LogP contribution in [0, 0.1) is 0 Å². The maximum atomic E-state index is 11.6. The van der Waals surface area contributed by atoms with Gasteiger partial charge >= 0.3 is 13.8 Å². The van der Waals surface area contributed by atoms with Gasteiger partial charge in [-0.05, 0) is 19.1 Å². The molecule has 1 N–H and O–H groups in total. The second-order valence-corrected chi connectivity index (χ2v) is 4.62. The molecule has 1 aromatic rings. The van der Waals surface area contributed by atoms with Crippen molar-refractivity contribution in [2.45, 2.75) is 12.6 Å². The van der Waals surface area contributed by atoms with Crippen LogP contribution in [0.4, 0.5) is 0 Å². The van der Waals surface area contributed by atoms with Gasteiger partial charge in [-0.3, -0.25) is 0 Å². The van der Waals surface area contributed by atoms with Crippen LogP contribution in [-0.2, 0) is 9.36 Å². The molecule has 0 heterocycles. The van der Waals surface area contributed by atoms with Gasteiger partial charge in [-0.25, -0.2) is 4.79 Å². The SMILES string of the molecule is CC(C(=O)O)[P+](=O)c1ccccc1. The number of benzene rings is 1. The molecule has 2 unspecified atom stereocenters. The van der Waals surface area contributed by atoms with Crippen LogP contribution < -0.4 is 5.30 Å². The predicted octanol–water partition coefficient (Wildman–Crippen LogP) is 1.61. The molecule has 13 heavy (non-hydrogen) atoms. The average Bonchev–Trinajstić information content (AvgIpc) is 2.17. The summed E-state index contributed by atoms with van der Waals surface area (Å²) in [7, 11) is -1.83. The predicted molar refractivity (Wildman–Crippen MR) is 50.8 cm³/mol. The van der Waals surface area contributed by atoms with Gasteiger partial charge in [0.05, 0.1) is 0 Å². The van der Waals surface area contributed by atoms with E-state index in [0.29, 0.717) is 5.30 Å². The quantitative estimate of drug-likeness (QED) is 0.749. The first-order chi connectivity index (χ1) is 6.13. The largest absolute Gasteiger partial charge is 0.478 e. The van der Waals surface area contributed by atoms with Crippen LogP contribution in [0.3, 0.4) is 0 Å². The molecule has 0 spiro atoms. The highest BCUT2D eigenvalue weighted by atomic mass is 31.1. The number of carboxylic acids is 1. The minimum Gasteiger partial charge on any atom is -0.478 e. The molecular weight excluding hydrogens is 187 g/mol. The molecule has 1 aromatic carbocycles. The number of rotatable bonds is 3. The van der Waals surface area contributed by atoms with E-state index in [1.54, 1.807) is 30.3 Å². The fourth-order valence-electron chi connectivity index (χ4n) is 0.899. The van der Waals surface area contributed by atoms with Crippen molar-refractivity contribution < 1.29 is 14.5 Å². The lowest BCUT2D eigenvalue weighted by molar-refractivity contribution is -0.136. The molecule has 0 amide bonds. The third kappa shape index (κ3) is 2.36. The summed E-state index contributed by atoms with van der Waals surface area (Å²) in [6, 6.07) is 8.66. The smallest absolute Gasteiger partial charge is 0.391 e. The Labute approximate surface area is 77.2 Å². The summed E-state index contributed by atoms with van der Waals surface area (Å²) in [4.78, 5) is 10.5. The first-order valence-electron chi connectivity index (χ1n) is 3.87. The number of hydrogen-bond acceptors (Lipinski definition) is 2. The first-order valence-corrected chi connectivity index (χ1v) is 5.20. The van der Waals surface area contributed by atoms with Gasteiger partial charge in [0.1, 0.15) is 0 Å². The van der Waals surface area contributed by atoms with Gasteiger partial charge in [0, 0.05) is 0 Å². The van der Waals surface area contributed by atoms with Crippen LogP contribution in [0.2, 0.25) is 0 Å². The fraction of sp³-hybridized carbons (Fsp3) is 0.222. The molecule has 0 saturated heterocycles. The topological polar surface area (TPSA) is 54.4 Å². The number of aliphatic carboxylic acids is 1. The summed E-state index contributed by atoms with van der Waals surface area (Å²) in [5.74, 6) is -1.02. The van der Waals surface area contributed by atoms with Gasteiger partial charge < -0.3 is 5.11 Å². The average molecular weight is 197 g/mol. The fourth-order valence-corrected chi connectivity index (χ4v) is 2.01. The van der Waals surface area contributed by atoms with Gasteiger partial charge in [-0.2, -0.15) is 0 Å². The Kier molecular flexibility index (Phi) is 3.15. The third-order valence-corrected chi connectivity index (χ3v) is 3.45. The Bertz CT molecular complexity index is 321. The van der Waals surface area contributed by atoms with Crippen molar-refractivity contribution in [2.24, 2.45) is 0 Å². The zero-order chi connectivity index (χ0) is 9.84. The maximum Gasteiger partial charge on any atom is 0.391 e. The van der Waals surface area contributed by atoms with Crippen LogP contribution in [0.5, 0.6) is 0 Å². The molecule has 0 aliphatic rings. The summed E-state index contributed by atoms with van der Waals surface area (Å²) < 4.78 is 11.6. The van der Waals surface area contributed by atoms with Gasteiger partial charge in [0.25, 0.3) is 5.66 Å². The lowest BCUT2D eigenvalue weighted by Gasteiger charge is -1.92. The van der Waals surface area contributed by atoms with E-state index in [-0.39, 0.29) is 0 Å². The second-order valence-electron chi connectivity index (χ2n) is 2.68. The molecule has 2 atom stereocenters. The highest BCUT2D eigenvalue weighted by Gasteiger charge is 2.34. The summed E-state index contributed by atoms with van der Waals surface area (Å²) in [5, 5.41) is 9.22. The Morgan fingerprint density at radius 3 is 2.38 bits per heavy atom. The molecule has 0 fully saturated rings. The standard InChI is InChI=1S/C9H9O3P/c1-7(9(10)11)13(12)8-5-3-2-4-6-8/h2-7H,1H3/p+1. The Morgan fingerprint density at radius 2 is 1.92 bits per heavy atom. The molecule has 4 heteroatoms. The van der Waals surface area contributed by atoms with E-state index in [9.17, 15) is 9.36 Å². The minimum atomic E-state index is -1.83. The normalized spacial score (nSPS) is 13.5. The van der Waals surface area contributed by atoms with E-state index < -0.39 is 19.4 Å². The Balaban J connectivity index is 2.86. The van der Waals surface area contributed by atoms with Crippen LogP contribution in [0.1, 0.15) is 6.92 Å². The minimum absolute atomic E-state index is 0.590. The van der Waals surface area contributed by atoms with E-state index >= 15 is 0 Å². The van der Waals surface area contributed by atoms with Crippen molar-refractivity contribution in [2.75, 3.05) is 0 Å². The van der Waals surface area contributed by atoms with E-state index in [0.717, 1.165) is 0 Å². The number of carboxylic acid groups (broad SMARTS) is 1. The molecule has 0 bridgehead atoms. The van der Waals surface area contributed by atoms with Crippen LogP contribution in [0.15, 0.2) is 30.3 Å². The zero-order valence-electron chi connectivity index (χ0n) is 7.18. The van der Waals surface area contributed by atoms with Crippen LogP contribution in [-0.4, -0.2) is 16.7 Å². The van der Waals surface area contributed by atoms with E-state index in [2.05, 4.69) is 0 Å².